The molecule has 0 atom stereocenters. The average molecular weight is 443 g/mol. The fourth-order valence-electron chi connectivity index (χ4n) is 3.31. The molecule has 5 aromatic rings. The number of nitrogens with zero attached hydrogens (tertiary/aromatic N) is 3. The van der Waals surface area contributed by atoms with Gasteiger partial charge in [-0.3, -0.25) is 4.79 Å². The highest BCUT2D eigenvalue weighted by Crippen LogP contribution is 2.29. The second-order valence-electron chi connectivity index (χ2n) is 7.19. The lowest BCUT2D eigenvalue weighted by Crippen LogP contribution is -2.14. The van der Waals surface area contributed by atoms with Crippen molar-refractivity contribution >= 4 is 33.1 Å². The van der Waals surface area contributed by atoms with Gasteiger partial charge in [-0.15, -0.1) is 21.5 Å². The zero-order valence-corrected chi connectivity index (χ0v) is 17.7. The zero-order valence-electron chi connectivity index (χ0n) is 16.9. The maximum Gasteiger partial charge on any atom is 0.233 e. The summed E-state index contributed by atoms with van der Waals surface area (Å²) in [6.07, 6.45) is 0.376. The second kappa shape index (κ2) is 8.60. The number of phenols is 1. The Balaban J connectivity index is 1.25. The van der Waals surface area contributed by atoms with Crippen molar-refractivity contribution in [2.45, 2.75) is 12.8 Å². The Morgan fingerprint density at radius 2 is 1.72 bits per heavy atom. The molecule has 0 bridgehead atoms. The van der Waals surface area contributed by atoms with Crippen molar-refractivity contribution in [1.82, 2.24) is 15.2 Å². The van der Waals surface area contributed by atoms with Crippen molar-refractivity contribution in [2.24, 2.45) is 0 Å². The summed E-state index contributed by atoms with van der Waals surface area (Å²) < 4.78 is 6.74. The van der Waals surface area contributed by atoms with Gasteiger partial charge in [-0.1, -0.05) is 36.4 Å². The summed E-state index contributed by atoms with van der Waals surface area (Å²) in [6.45, 7) is 0. The first-order valence-corrected chi connectivity index (χ1v) is 10.8. The van der Waals surface area contributed by atoms with Crippen LogP contribution in [0.4, 0.5) is 5.69 Å². The topological polar surface area (TPSA) is 101 Å². The van der Waals surface area contributed by atoms with Crippen molar-refractivity contribution in [2.75, 3.05) is 5.32 Å². The van der Waals surface area contributed by atoms with Crippen molar-refractivity contribution in [1.29, 1.82) is 0 Å². The van der Waals surface area contributed by atoms with E-state index in [0.717, 1.165) is 26.4 Å². The minimum absolute atomic E-state index is 0.0336. The fraction of sp³-hybridized carbons (Fsp3) is 0.0833. The van der Waals surface area contributed by atoms with Crippen LogP contribution in [-0.4, -0.2) is 26.2 Å². The molecule has 8 heteroatoms. The van der Waals surface area contributed by atoms with E-state index in [9.17, 15) is 9.90 Å². The van der Waals surface area contributed by atoms with Gasteiger partial charge in [0.25, 0.3) is 0 Å². The maximum atomic E-state index is 12.2. The van der Waals surface area contributed by atoms with E-state index in [1.807, 2.05) is 24.3 Å². The van der Waals surface area contributed by atoms with E-state index in [1.54, 1.807) is 23.5 Å². The van der Waals surface area contributed by atoms with Gasteiger partial charge in [0.15, 0.2) is 0 Å². The third-order valence-electron chi connectivity index (χ3n) is 4.81. The molecule has 5 rings (SSSR count). The van der Waals surface area contributed by atoms with Crippen molar-refractivity contribution < 1.29 is 14.3 Å². The van der Waals surface area contributed by atoms with Crippen molar-refractivity contribution in [3.05, 3.63) is 89.6 Å². The summed E-state index contributed by atoms with van der Waals surface area (Å²) >= 11 is 1.59. The minimum Gasteiger partial charge on any atom is -0.508 e. The Kier molecular flexibility index (Phi) is 5.35. The van der Waals surface area contributed by atoms with Gasteiger partial charge in [0.05, 0.1) is 16.6 Å². The summed E-state index contributed by atoms with van der Waals surface area (Å²) in [5.74, 6) is 0.513. The molecule has 3 aromatic carbocycles. The molecule has 158 valence electrons. The van der Waals surface area contributed by atoms with Gasteiger partial charge in [0.2, 0.25) is 17.7 Å². The first kappa shape index (κ1) is 19.9. The largest absolute Gasteiger partial charge is 0.508 e. The number of carbonyl (C=O) groups is 1. The van der Waals surface area contributed by atoms with E-state index in [1.165, 1.54) is 12.1 Å². The number of aromatic nitrogens is 3. The van der Waals surface area contributed by atoms with Crippen LogP contribution in [0.15, 0.2) is 77.2 Å². The minimum atomic E-state index is -0.278. The number of nitrogens with one attached hydrogen (secondary N) is 1. The lowest BCUT2D eigenvalue weighted by molar-refractivity contribution is -0.115. The highest BCUT2D eigenvalue weighted by Gasteiger charge is 2.14. The summed E-state index contributed by atoms with van der Waals surface area (Å²) in [4.78, 5) is 16.9. The molecule has 0 aliphatic rings. The van der Waals surface area contributed by atoms with E-state index in [2.05, 4.69) is 44.8 Å². The third kappa shape index (κ3) is 4.50. The molecule has 0 aliphatic heterocycles. The number of hydrogen-bond acceptors (Lipinski definition) is 7. The molecule has 2 aromatic heterocycles. The van der Waals surface area contributed by atoms with Gasteiger partial charge in [0.1, 0.15) is 17.2 Å². The fourth-order valence-corrected chi connectivity index (χ4v) is 4.30. The molecule has 0 aliphatic carbocycles. The van der Waals surface area contributed by atoms with Crippen molar-refractivity contribution in [3.63, 3.8) is 0 Å². The number of anilines is 1. The maximum absolute atomic E-state index is 12.2. The number of rotatable bonds is 6. The Morgan fingerprint density at radius 1 is 0.938 bits per heavy atom. The molecule has 0 radical (unpaired) electrons. The standard InChI is InChI=1S/C24H18N4O3S/c29-18-9-7-17(8-10-18)25-21(30)13-22-27-28-23(31-22)14-24-26-19-11-6-16(12-20(19)32-24)15-4-2-1-3-5-15/h1-12,29H,13-14H2,(H,25,30). The van der Waals surface area contributed by atoms with E-state index >= 15 is 0 Å². The van der Waals surface area contributed by atoms with Gasteiger partial charge in [-0.2, -0.15) is 0 Å². The quantitative estimate of drug-likeness (QED) is 0.366. The van der Waals surface area contributed by atoms with Gasteiger partial charge in [0, 0.05) is 5.69 Å². The SMILES string of the molecule is O=C(Cc1nnc(Cc2nc3ccc(-c4ccccc4)cc3s2)o1)Nc1ccc(O)cc1. The molecular weight excluding hydrogens is 424 g/mol. The van der Waals surface area contributed by atoms with E-state index in [-0.39, 0.29) is 24.0 Å². The highest BCUT2D eigenvalue weighted by molar-refractivity contribution is 7.18. The van der Waals surface area contributed by atoms with Gasteiger partial charge >= 0.3 is 0 Å². The number of phenolic OH excluding ortho intramolecular Hbond substituents is 1. The van der Waals surface area contributed by atoms with Crippen LogP contribution in [0.3, 0.4) is 0 Å². The Hall–Kier alpha value is -4.04. The van der Waals surface area contributed by atoms with E-state index in [0.29, 0.717) is 18.0 Å². The van der Waals surface area contributed by atoms with Crippen LogP contribution in [-0.2, 0) is 17.6 Å². The molecule has 0 saturated heterocycles. The molecule has 0 unspecified atom stereocenters. The Bertz CT molecular complexity index is 1380. The van der Waals surface area contributed by atoms with Gasteiger partial charge in [-0.05, 0) is 47.5 Å². The lowest BCUT2D eigenvalue weighted by atomic mass is 10.1. The summed E-state index contributed by atoms with van der Waals surface area (Å²) in [7, 11) is 0. The van der Waals surface area contributed by atoms with Crippen LogP contribution in [0.2, 0.25) is 0 Å². The molecular formula is C24H18N4O3S. The average Bonchev–Trinajstić information content (AvgIpc) is 3.41. The number of amides is 1. The van der Waals surface area contributed by atoms with Crippen LogP contribution in [0.1, 0.15) is 16.8 Å². The molecule has 2 heterocycles. The second-order valence-corrected chi connectivity index (χ2v) is 8.31. The molecule has 32 heavy (non-hydrogen) atoms. The van der Waals surface area contributed by atoms with Gasteiger partial charge in [-0.25, -0.2) is 4.98 Å². The smallest absolute Gasteiger partial charge is 0.233 e. The normalized spacial score (nSPS) is 11.0. The molecule has 0 spiro atoms. The first-order valence-electron chi connectivity index (χ1n) is 9.97. The zero-order chi connectivity index (χ0) is 21.9. The summed E-state index contributed by atoms with van der Waals surface area (Å²) in [5, 5.41) is 20.9. The molecule has 1 amide bonds. The van der Waals surface area contributed by atoms with E-state index in [4.69, 9.17) is 4.42 Å². The molecule has 2 N–H and O–H groups in total. The molecule has 0 saturated carbocycles. The third-order valence-corrected chi connectivity index (χ3v) is 5.83. The van der Waals surface area contributed by atoms with Crippen LogP contribution in [0.5, 0.6) is 5.75 Å². The predicted octanol–water partition coefficient (Wildman–Crippen LogP) is 4.82. The monoisotopic (exact) mass is 442 g/mol. The van der Waals surface area contributed by atoms with Crippen LogP contribution >= 0.6 is 11.3 Å². The van der Waals surface area contributed by atoms with Crippen LogP contribution < -0.4 is 5.32 Å². The number of fused-ring (bicyclic) bond motifs is 1. The van der Waals surface area contributed by atoms with Crippen molar-refractivity contribution in [3.8, 4) is 16.9 Å². The van der Waals surface area contributed by atoms with Crippen LogP contribution in [0, 0.1) is 0 Å². The number of thiazole rings is 1. The number of carbonyl (C=O) groups excluding carboxylic acids is 1. The van der Waals surface area contributed by atoms with Crippen LogP contribution in [0.25, 0.3) is 21.3 Å². The number of benzene rings is 3. The number of aromatic hydroxyl groups is 1. The van der Waals surface area contributed by atoms with E-state index < -0.39 is 0 Å². The van der Waals surface area contributed by atoms with Gasteiger partial charge < -0.3 is 14.8 Å². The predicted molar refractivity (Wildman–Crippen MR) is 123 cm³/mol. The molecule has 0 fully saturated rings. The summed E-state index contributed by atoms with van der Waals surface area (Å²) in [5.41, 5.74) is 3.82. The Morgan fingerprint density at radius 3 is 2.53 bits per heavy atom. The lowest BCUT2D eigenvalue weighted by Gasteiger charge is -2.03. The number of hydrogen-bond donors (Lipinski definition) is 2. The Labute approximate surface area is 187 Å². The highest BCUT2D eigenvalue weighted by atomic mass is 32.1. The molecule has 7 nitrogen and oxygen atoms in total. The summed E-state index contributed by atoms with van der Waals surface area (Å²) in [6, 6.07) is 22.7. The first-order chi connectivity index (χ1) is 15.6.